The van der Waals surface area contributed by atoms with Gasteiger partial charge in [-0.2, -0.15) is 0 Å². The molecule has 1 aromatic heterocycles. The van der Waals surface area contributed by atoms with Crippen molar-refractivity contribution < 1.29 is 4.74 Å². The van der Waals surface area contributed by atoms with Gasteiger partial charge >= 0.3 is 0 Å². The SMILES string of the molecule is COc1cc(C)c(Cl)cc1-c1nccnc1CN. The van der Waals surface area contributed by atoms with Crippen LogP contribution in [0.3, 0.4) is 0 Å². The van der Waals surface area contributed by atoms with Gasteiger partial charge in [0.05, 0.1) is 18.5 Å². The molecular formula is C13H14ClN3O. The summed E-state index contributed by atoms with van der Waals surface area (Å²) in [7, 11) is 1.62. The van der Waals surface area contributed by atoms with E-state index in [0.29, 0.717) is 23.0 Å². The topological polar surface area (TPSA) is 61.0 Å². The molecule has 5 heteroatoms. The number of nitrogens with two attached hydrogens (primary N) is 1. The van der Waals surface area contributed by atoms with Crippen LogP contribution in [0.5, 0.6) is 5.75 Å². The van der Waals surface area contributed by atoms with Crippen molar-refractivity contribution in [2.45, 2.75) is 13.5 Å². The van der Waals surface area contributed by atoms with E-state index in [1.807, 2.05) is 19.1 Å². The van der Waals surface area contributed by atoms with Crippen LogP contribution >= 0.6 is 11.6 Å². The molecule has 0 spiro atoms. The molecule has 0 fully saturated rings. The maximum atomic E-state index is 6.15. The van der Waals surface area contributed by atoms with E-state index < -0.39 is 0 Å². The van der Waals surface area contributed by atoms with Crippen molar-refractivity contribution in [2.24, 2.45) is 5.73 Å². The molecule has 0 saturated carbocycles. The van der Waals surface area contributed by atoms with Gasteiger partial charge in [0.1, 0.15) is 5.75 Å². The molecule has 0 aliphatic rings. The molecule has 0 radical (unpaired) electrons. The van der Waals surface area contributed by atoms with Gasteiger partial charge in [0.2, 0.25) is 0 Å². The Labute approximate surface area is 111 Å². The number of rotatable bonds is 3. The summed E-state index contributed by atoms with van der Waals surface area (Å²) < 4.78 is 5.37. The van der Waals surface area contributed by atoms with Crippen LogP contribution in [0.2, 0.25) is 5.02 Å². The number of ether oxygens (including phenoxy) is 1. The van der Waals surface area contributed by atoms with Crippen molar-refractivity contribution in [3.8, 4) is 17.0 Å². The van der Waals surface area contributed by atoms with Gasteiger partial charge in [-0.25, -0.2) is 0 Å². The minimum absolute atomic E-state index is 0.317. The molecule has 0 unspecified atom stereocenters. The number of benzene rings is 1. The summed E-state index contributed by atoms with van der Waals surface area (Å²) in [6.07, 6.45) is 3.25. The summed E-state index contributed by atoms with van der Waals surface area (Å²) in [5.74, 6) is 0.715. The van der Waals surface area contributed by atoms with Crippen LogP contribution in [0.15, 0.2) is 24.5 Å². The lowest BCUT2D eigenvalue weighted by atomic mass is 10.1. The van der Waals surface area contributed by atoms with E-state index in [1.54, 1.807) is 19.5 Å². The van der Waals surface area contributed by atoms with E-state index >= 15 is 0 Å². The molecule has 0 atom stereocenters. The van der Waals surface area contributed by atoms with E-state index in [4.69, 9.17) is 22.1 Å². The second-order valence-electron chi connectivity index (χ2n) is 3.86. The summed E-state index contributed by atoms with van der Waals surface area (Å²) in [6.45, 7) is 2.24. The molecule has 0 aliphatic heterocycles. The van der Waals surface area contributed by atoms with Gasteiger partial charge in [0.25, 0.3) is 0 Å². The van der Waals surface area contributed by atoms with Crippen LogP contribution in [0, 0.1) is 6.92 Å². The molecule has 2 N–H and O–H groups in total. The molecular weight excluding hydrogens is 250 g/mol. The minimum Gasteiger partial charge on any atom is -0.496 e. The van der Waals surface area contributed by atoms with Gasteiger partial charge in [-0.15, -0.1) is 0 Å². The minimum atomic E-state index is 0.317. The Hall–Kier alpha value is -1.65. The van der Waals surface area contributed by atoms with E-state index in [2.05, 4.69) is 9.97 Å². The van der Waals surface area contributed by atoms with Crippen molar-refractivity contribution in [2.75, 3.05) is 7.11 Å². The highest BCUT2D eigenvalue weighted by atomic mass is 35.5. The number of nitrogens with zero attached hydrogens (tertiary/aromatic N) is 2. The lowest BCUT2D eigenvalue weighted by Gasteiger charge is -2.12. The lowest BCUT2D eigenvalue weighted by molar-refractivity contribution is 0.416. The molecule has 0 saturated heterocycles. The molecule has 0 amide bonds. The van der Waals surface area contributed by atoms with Gasteiger partial charge in [0, 0.05) is 29.5 Å². The number of hydrogen-bond donors (Lipinski definition) is 1. The Morgan fingerprint density at radius 1 is 1.28 bits per heavy atom. The number of methoxy groups -OCH3 is 1. The third-order valence-electron chi connectivity index (χ3n) is 2.70. The Bertz CT molecular complexity index is 572. The first-order valence-corrected chi connectivity index (χ1v) is 5.89. The Morgan fingerprint density at radius 2 is 2.00 bits per heavy atom. The van der Waals surface area contributed by atoms with Crippen molar-refractivity contribution >= 4 is 11.6 Å². The normalized spacial score (nSPS) is 10.4. The quantitative estimate of drug-likeness (QED) is 0.925. The van der Waals surface area contributed by atoms with Gasteiger partial charge in [-0.05, 0) is 24.6 Å². The molecule has 2 aromatic rings. The van der Waals surface area contributed by atoms with E-state index in [0.717, 1.165) is 16.8 Å². The van der Waals surface area contributed by atoms with Gasteiger partial charge < -0.3 is 10.5 Å². The molecule has 0 bridgehead atoms. The van der Waals surface area contributed by atoms with Crippen LogP contribution in [-0.2, 0) is 6.54 Å². The molecule has 4 nitrogen and oxygen atoms in total. The van der Waals surface area contributed by atoms with Crippen LogP contribution in [0.25, 0.3) is 11.3 Å². The van der Waals surface area contributed by atoms with Gasteiger partial charge in [-0.3, -0.25) is 9.97 Å². The van der Waals surface area contributed by atoms with Crippen LogP contribution in [0.1, 0.15) is 11.3 Å². The Kier molecular flexibility index (Phi) is 3.79. The van der Waals surface area contributed by atoms with Crippen molar-refractivity contribution in [3.05, 3.63) is 40.8 Å². The zero-order chi connectivity index (χ0) is 13.1. The fourth-order valence-corrected chi connectivity index (χ4v) is 1.91. The Morgan fingerprint density at radius 3 is 2.67 bits per heavy atom. The van der Waals surface area contributed by atoms with Crippen LogP contribution in [-0.4, -0.2) is 17.1 Å². The predicted octanol–water partition coefficient (Wildman–Crippen LogP) is 2.57. The second-order valence-corrected chi connectivity index (χ2v) is 4.26. The first-order valence-electron chi connectivity index (χ1n) is 5.51. The number of halogens is 1. The average Bonchev–Trinajstić information content (AvgIpc) is 2.41. The highest BCUT2D eigenvalue weighted by Gasteiger charge is 2.14. The third-order valence-corrected chi connectivity index (χ3v) is 3.11. The largest absolute Gasteiger partial charge is 0.496 e. The summed E-state index contributed by atoms with van der Waals surface area (Å²) >= 11 is 6.15. The first-order chi connectivity index (χ1) is 8.67. The maximum absolute atomic E-state index is 6.15. The first kappa shape index (κ1) is 12.8. The van der Waals surface area contributed by atoms with E-state index in [1.165, 1.54) is 0 Å². The smallest absolute Gasteiger partial charge is 0.128 e. The molecule has 94 valence electrons. The fraction of sp³-hybridized carbons (Fsp3) is 0.231. The molecule has 1 heterocycles. The van der Waals surface area contributed by atoms with Crippen LogP contribution in [0.4, 0.5) is 0 Å². The standard InChI is InChI=1S/C13H14ClN3O/c1-8-5-12(18-2)9(6-10(8)14)13-11(7-15)16-3-4-17-13/h3-6H,7,15H2,1-2H3. The van der Waals surface area contributed by atoms with Crippen molar-refractivity contribution in [3.63, 3.8) is 0 Å². The van der Waals surface area contributed by atoms with E-state index in [-0.39, 0.29) is 0 Å². The lowest BCUT2D eigenvalue weighted by Crippen LogP contribution is -2.04. The van der Waals surface area contributed by atoms with E-state index in [9.17, 15) is 0 Å². The fourth-order valence-electron chi connectivity index (χ4n) is 1.75. The zero-order valence-electron chi connectivity index (χ0n) is 10.3. The predicted molar refractivity (Wildman–Crippen MR) is 71.7 cm³/mol. The number of hydrogen-bond acceptors (Lipinski definition) is 4. The highest BCUT2D eigenvalue weighted by Crippen LogP contribution is 2.34. The highest BCUT2D eigenvalue weighted by molar-refractivity contribution is 6.31. The monoisotopic (exact) mass is 263 g/mol. The maximum Gasteiger partial charge on any atom is 0.128 e. The van der Waals surface area contributed by atoms with Crippen LogP contribution < -0.4 is 10.5 Å². The average molecular weight is 264 g/mol. The van der Waals surface area contributed by atoms with Crippen molar-refractivity contribution in [1.82, 2.24) is 9.97 Å². The second kappa shape index (κ2) is 5.33. The third kappa shape index (κ3) is 2.30. The van der Waals surface area contributed by atoms with Crippen molar-refractivity contribution in [1.29, 1.82) is 0 Å². The molecule has 2 rings (SSSR count). The Balaban J connectivity index is 2.66. The molecule has 0 aliphatic carbocycles. The summed E-state index contributed by atoms with van der Waals surface area (Å²) in [4.78, 5) is 8.53. The molecule has 18 heavy (non-hydrogen) atoms. The number of aryl methyl sites for hydroxylation is 1. The number of aromatic nitrogens is 2. The molecule has 1 aromatic carbocycles. The summed E-state index contributed by atoms with van der Waals surface area (Å²) in [5, 5.41) is 0.666. The van der Waals surface area contributed by atoms with Gasteiger partial charge in [0.15, 0.2) is 0 Å². The summed E-state index contributed by atoms with van der Waals surface area (Å²) in [5.41, 5.74) is 8.86. The van der Waals surface area contributed by atoms with Gasteiger partial charge in [-0.1, -0.05) is 11.6 Å². The summed E-state index contributed by atoms with van der Waals surface area (Å²) in [6, 6.07) is 3.71. The zero-order valence-corrected chi connectivity index (χ0v) is 11.0.